The highest BCUT2D eigenvalue weighted by Gasteiger charge is 2.16. The van der Waals surface area contributed by atoms with E-state index in [2.05, 4.69) is 27.8 Å². The molecule has 0 aliphatic heterocycles. The number of nitrogens with zero attached hydrogens (tertiary/aromatic N) is 1. The van der Waals surface area contributed by atoms with Crippen LogP contribution >= 0.6 is 11.3 Å². The molecule has 0 spiro atoms. The maximum atomic E-state index is 12.7. The van der Waals surface area contributed by atoms with Gasteiger partial charge in [0.1, 0.15) is 10.8 Å². The summed E-state index contributed by atoms with van der Waals surface area (Å²) in [5, 5.41) is 8.60. The fourth-order valence-electron chi connectivity index (χ4n) is 3.75. The van der Waals surface area contributed by atoms with Crippen molar-refractivity contribution >= 4 is 34.5 Å². The van der Waals surface area contributed by atoms with Crippen molar-refractivity contribution in [1.82, 2.24) is 4.98 Å². The van der Waals surface area contributed by atoms with Crippen LogP contribution in [0.3, 0.4) is 0 Å². The lowest BCUT2D eigenvalue weighted by Crippen LogP contribution is -2.19. The highest BCUT2D eigenvalue weighted by Crippen LogP contribution is 2.27. The largest absolute Gasteiger partial charge is 0.494 e. The van der Waals surface area contributed by atoms with E-state index >= 15 is 0 Å². The van der Waals surface area contributed by atoms with Gasteiger partial charge in [-0.15, -0.1) is 11.3 Å². The number of carbonyl (C=O) groups is 2. The fourth-order valence-corrected chi connectivity index (χ4v) is 4.57. The lowest BCUT2D eigenvalue weighted by atomic mass is 10.0. The molecule has 2 N–H and O–H groups in total. The van der Waals surface area contributed by atoms with Crippen molar-refractivity contribution in [2.24, 2.45) is 5.92 Å². The van der Waals surface area contributed by atoms with Gasteiger partial charge in [0, 0.05) is 17.4 Å². The number of rotatable bonds is 9. The Hall–Kier alpha value is -3.45. The van der Waals surface area contributed by atoms with Crippen molar-refractivity contribution in [3.8, 4) is 16.3 Å². The molecule has 0 saturated carbocycles. The summed E-state index contributed by atoms with van der Waals surface area (Å²) in [7, 11) is 0. The first-order valence-electron chi connectivity index (χ1n) is 11.1. The summed E-state index contributed by atoms with van der Waals surface area (Å²) in [4.78, 5) is 29.7. The number of amides is 2. The van der Waals surface area contributed by atoms with Gasteiger partial charge in [-0.2, -0.15) is 0 Å². The third-order valence-electron chi connectivity index (χ3n) is 5.34. The van der Waals surface area contributed by atoms with E-state index in [4.69, 9.17) is 4.74 Å². The van der Waals surface area contributed by atoms with Crippen LogP contribution in [-0.4, -0.2) is 23.4 Å². The van der Waals surface area contributed by atoms with Crippen LogP contribution in [0.5, 0.6) is 5.75 Å². The topological polar surface area (TPSA) is 80.3 Å². The zero-order chi connectivity index (χ0) is 23.0. The molecule has 1 aliphatic rings. The average Bonchev–Trinajstić information content (AvgIpc) is 3.48. The van der Waals surface area contributed by atoms with Crippen LogP contribution in [0.1, 0.15) is 31.9 Å². The summed E-state index contributed by atoms with van der Waals surface area (Å²) in [5.41, 5.74) is 2.88. The minimum atomic E-state index is -0.182. The molecule has 6 nitrogen and oxygen atoms in total. The lowest BCUT2D eigenvalue weighted by Gasteiger charge is -2.13. The zero-order valence-corrected chi connectivity index (χ0v) is 19.4. The molecule has 1 unspecified atom stereocenters. The maximum absolute atomic E-state index is 12.7. The Bertz CT molecular complexity index is 1140. The Morgan fingerprint density at radius 1 is 1.06 bits per heavy atom. The number of nitrogens with one attached hydrogen (secondary N) is 2. The van der Waals surface area contributed by atoms with Gasteiger partial charge in [0.05, 0.1) is 30.1 Å². The van der Waals surface area contributed by atoms with Gasteiger partial charge in [0.25, 0.3) is 0 Å². The third kappa shape index (κ3) is 6.29. The molecule has 1 atom stereocenters. The van der Waals surface area contributed by atoms with Crippen LogP contribution in [0.4, 0.5) is 11.4 Å². The van der Waals surface area contributed by atoms with Gasteiger partial charge in [0.2, 0.25) is 11.8 Å². The molecule has 170 valence electrons. The Morgan fingerprint density at radius 2 is 1.79 bits per heavy atom. The number of para-hydroxylation sites is 2. The van der Waals surface area contributed by atoms with E-state index in [1.54, 1.807) is 12.1 Å². The van der Waals surface area contributed by atoms with Crippen LogP contribution in [0.25, 0.3) is 10.6 Å². The molecule has 0 fully saturated rings. The van der Waals surface area contributed by atoms with E-state index in [1.165, 1.54) is 11.3 Å². The second-order valence-corrected chi connectivity index (χ2v) is 8.75. The molecule has 1 aliphatic carbocycles. The first kappa shape index (κ1) is 22.7. The molecule has 0 saturated heterocycles. The second-order valence-electron chi connectivity index (χ2n) is 7.89. The molecule has 2 amide bonds. The normalized spacial score (nSPS) is 14.8. The summed E-state index contributed by atoms with van der Waals surface area (Å²) in [6, 6.07) is 15.0. The number of benzene rings is 2. The van der Waals surface area contributed by atoms with Gasteiger partial charge in [-0.1, -0.05) is 24.3 Å². The average molecular weight is 462 g/mol. The van der Waals surface area contributed by atoms with E-state index in [1.807, 2.05) is 48.7 Å². The van der Waals surface area contributed by atoms with Crippen molar-refractivity contribution < 1.29 is 14.3 Å². The maximum Gasteiger partial charge on any atom is 0.230 e. The molecule has 3 aromatic rings. The molecule has 33 heavy (non-hydrogen) atoms. The van der Waals surface area contributed by atoms with Gasteiger partial charge in [-0.05, 0) is 62.1 Å². The minimum absolute atomic E-state index is 0.0484. The fraction of sp³-hybridized carbons (Fsp3) is 0.269. The van der Waals surface area contributed by atoms with Gasteiger partial charge >= 0.3 is 0 Å². The smallest absolute Gasteiger partial charge is 0.230 e. The van der Waals surface area contributed by atoms with Gasteiger partial charge in [-0.25, -0.2) is 4.98 Å². The molecular weight excluding hydrogens is 434 g/mol. The number of thiazole rings is 1. The molecular formula is C26H27N3O3S. The van der Waals surface area contributed by atoms with Crippen molar-refractivity contribution in [3.05, 3.63) is 71.8 Å². The summed E-state index contributed by atoms with van der Waals surface area (Å²) in [6.45, 7) is 2.58. The number of allylic oxidation sites excluding steroid dienone is 2. The van der Waals surface area contributed by atoms with Crippen LogP contribution in [0.2, 0.25) is 0 Å². The van der Waals surface area contributed by atoms with E-state index in [-0.39, 0.29) is 18.2 Å². The van der Waals surface area contributed by atoms with Gasteiger partial charge < -0.3 is 15.4 Å². The monoisotopic (exact) mass is 461 g/mol. The molecule has 2 aromatic carbocycles. The summed E-state index contributed by atoms with van der Waals surface area (Å²) >= 11 is 1.50. The summed E-state index contributed by atoms with van der Waals surface area (Å²) in [6.07, 6.45) is 6.86. The van der Waals surface area contributed by atoms with Gasteiger partial charge in [-0.3, -0.25) is 9.59 Å². The predicted octanol–water partition coefficient (Wildman–Crippen LogP) is 5.68. The predicted molar refractivity (Wildman–Crippen MR) is 133 cm³/mol. The van der Waals surface area contributed by atoms with Crippen LogP contribution in [0.15, 0.2) is 66.1 Å². The number of hydrogen-bond acceptors (Lipinski definition) is 5. The van der Waals surface area contributed by atoms with E-state index in [0.29, 0.717) is 36.0 Å². The molecule has 0 bridgehead atoms. The Labute approximate surface area is 197 Å². The number of aromatic nitrogens is 1. The van der Waals surface area contributed by atoms with Crippen LogP contribution in [0, 0.1) is 5.92 Å². The molecule has 1 heterocycles. The third-order valence-corrected chi connectivity index (χ3v) is 6.28. The molecule has 7 heteroatoms. The van der Waals surface area contributed by atoms with E-state index in [9.17, 15) is 9.59 Å². The SMILES string of the molecule is CCOc1ccc(-c2nc(CC(=O)Nc3ccccc3NC(=O)CC3C=CCC3)cs2)cc1. The van der Waals surface area contributed by atoms with E-state index < -0.39 is 0 Å². The molecule has 4 rings (SSSR count). The van der Waals surface area contributed by atoms with Crippen LogP contribution in [-0.2, 0) is 16.0 Å². The van der Waals surface area contributed by atoms with E-state index in [0.717, 1.165) is 29.2 Å². The van der Waals surface area contributed by atoms with Crippen molar-refractivity contribution in [1.29, 1.82) is 0 Å². The molecule has 0 radical (unpaired) electrons. The molecule has 1 aromatic heterocycles. The van der Waals surface area contributed by atoms with Crippen molar-refractivity contribution in [3.63, 3.8) is 0 Å². The first-order chi connectivity index (χ1) is 16.1. The Balaban J connectivity index is 1.35. The van der Waals surface area contributed by atoms with Crippen molar-refractivity contribution in [2.45, 2.75) is 32.6 Å². The number of hydrogen-bond donors (Lipinski definition) is 2. The second kappa shape index (κ2) is 10.9. The summed E-state index contributed by atoms with van der Waals surface area (Å²) in [5.74, 6) is 0.885. The number of anilines is 2. The van der Waals surface area contributed by atoms with Crippen molar-refractivity contribution in [2.75, 3.05) is 17.2 Å². The lowest BCUT2D eigenvalue weighted by molar-refractivity contribution is -0.117. The standard InChI is InChI=1S/C26H27N3O3S/c1-2-32-21-13-11-19(12-14-21)26-27-20(17-33-26)16-25(31)29-23-10-6-5-9-22(23)28-24(30)15-18-7-3-4-8-18/h3,5-7,9-14,17-18H,2,4,8,15-16H2,1H3,(H,28,30)(H,29,31). The number of ether oxygens (including phenoxy) is 1. The van der Waals surface area contributed by atoms with Crippen LogP contribution < -0.4 is 15.4 Å². The highest BCUT2D eigenvalue weighted by atomic mass is 32.1. The zero-order valence-electron chi connectivity index (χ0n) is 18.5. The summed E-state index contributed by atoms with van der Waals surface area (Å²) < 4.78 is 5.48. The highest BCUT2D eigenvalue weighted by molar-refractivity contribution is 7.13. The minimum Gasteiger partial charge on any atom is -0.494 e. The Kier molecular flexibility index (Phi) is 7.52. The first-order valence-corrected chi connectivity index (χ1v) is 12.0. The van der Waals surface area contributed by atoms with Gasteiger partial charge in [0.15, 0.2) is 0 Å². The quantitative estimate of drug-likeness (QED) is 0.402. The number of carbonyl (C=O) groups excluding carboxylic acids is 2. The Morgan fingerprint density at radius 3 is 2.45 bits per heavy atom.